The van der Waals surface area contributed by atoms with E-state index in [1.807, 2.05) is 36.4 Å². The van der Waals surface area contributed by atoms with Crippen LogP contribution in [0.15, 0.2) is 36.4 Å². The fourth-order valence-electron chi connectivity index (χ4n) is 3.27. The van der Waals surface area contributed by atoms with E-state index in [0.717, 1.165) is 53.9 Å². The van der Waals surface area contributed by atoms with Crippen molar-refractivity contribution in [2.24, 2.45) is 5.92 Å². The average molecular weight is 401 g/mol. The van der Waals surface area contributed by atoms with Crippen LogP contribution >= 0.6 is 0 Å². The van der Waals surface area contributed by atoms with Crippen LogP contribution in [0.5, 0.6) is 34.5 Å². The normalized spacial score (nSPS) is 13.9. The van der Waals surface area contributed by atoms with Gasteiger partial charge in [-0.3, -0.25) is 0 Å². The summed E-state index contributed by atoms with van der Waals surface area (Å²) in [5, 5.41) is 0. The highest BCUT2D eigenvalue weighted by Crippen LogP contribution is 2.36. The summed E-state index contributed by atoms with van der Waals surface area (Å²) in [6, 6.07) is 11.3. The number of hydrogen-bond acceptors (Lipinski definition) is 7. The molecule has 0 atom stereocenters. The van der Waals surface area contributed by atoms with Gasteiger partial charge in [0.25, 0.3) is 0 Å². The fraction of sp³-hybridized carbons (Fsp3) is 0.455. The highest BCUT2D eigenvalue weighted by molar-refractivity contribution is 5.47. The van der Waals surface area contributed by atoms with Crippen LogP contribution in [0.3, 0.4) is 0 Å². The van der Waals surface area contributed by atoms with Crippen molar-refractivity contribution in [1.82, 2.24) is 4.90 Å². The summed E-state index contributed by atoms with van der Waals surface area (Å²) in [5.41, 5.74) is 0. The quantitative estimate of drug-likeness (QED) is 0.603. The third kappa shape index (κ3) is 5.17. The van der Waals surface area contributed by atoms with Gasteiger partial charge in [0, 0.05) is 18.1 Å². The number of ether oxygens (including phenoxy) is 6. The number of nitrogens with zero attached hydrogens (tertiary/aromatic N) is 1. The zero-order valence-corrected chi connectivity index (χ0v) is 16.9. The Bertz CT molecular complexity index is 763. The molecule has 0 amide bonds. The van der Waals surface area contributed by atoms with E-state index in [1.165, 1.54) is 0 Å². The van der Waals surface area contributed by atoms with Crippen molar-refractivity contribution >= 4 is 0 Å². The van der Waals surface area contributed by atoms with E-state index in [-0.39, 0.29) is 19.5 Å². The minimum atomic E-state index is 0.255. The Balaban J connectivity index is 1.33. The summed E-state index contributed by atoms with van der Waals surface area (Å²) >= 11 is 0. The Hall–Kier alpha value is -2.80. The van der Waals surface area contributed by atoms with Gasteiger partial charge in [-0.25, -0.2) is 0 Å². The first kappa shape index (κ1) is 19.5. The maximum Gasteiger partial charge on any atom is 0.231 e. The molecule has 156 valence electrons. The molecule has 7 nitrogen and oxygen atoms in total. The predicted octanol–water partition coefficient (Wildman–Crippen LogP) is 3.56. The monoisotopic (exact) mass is 401 g/mol. The molecule has 29 heavy (non-hydrogen) atoms. The Morgan fingerprint density at radius 3 is 1.83 bits per heavy atom. The molecule has 0 saturated heterocycles. The molecule has 2 aromatic carbocycles. The van der Waals surface area contributed by atoms with Crippen molar-refractivity contribution in [1.29, 1.82) is 0 Å². The summed E-state index contributed by atoms with van der Waals surface area (Å²) in [4.78, 5) is 2.19. The van der Waals surface area contributed by atoms with Gasteiger partial charge < -0.3 is 33.3 Å². The molecular weight excluding hydrogens is 374 g/mol. The Kier molecular flexibility index (Phi) is 6.14. The van der Waals surface area contributed by atoms with Gasteiger partial charge in [-0.05, 0) is 57.7 Å². The molecule has 0 aromatic heterocycles. The second-order valence-corrected chi connectivity index (χ2v) is 7.46. The van der Waals surface area contributed by atoms with Crippen molar-refractivity contribution in [3.8, 4) is 34.5 Å². The van der Waals surface area contributed by atoms with E-state index >= 15 is 0 Å². The molecule has 2 aliphatic heterocycles. The van der Waals surface area contributed by atoms with Gasteiger partial charge in [0.05, 0.1) is 13.2 Å². The number of hydrogen-bond donors (Lipinski definition) is 0. The van der Waals surface area contributed by atoms with Crippen molar-refractivity contribution in [2.75, 3.05) is 47.4 Å². The maximum atomic E-state index is 6.04. The van der Waals surface area contributed by atoms with E-state index in [9.17, 15) is 0 Å². The first-order valence-corrected chi connectivity index (χ1v) is 9.87. The third-order valence-corrected chi connectivity index (χ3v) is 4.88. The molecule has 4 rings (SSSR count). The molecule has 2 aliphatic rings. The summed E-state index contributed by atoms with van der Waals surface area (Å²) < 4.78 is 33.6. The van der Waals surface area contributed by atoms with Crippen LogP contribution in [-0.2, 0) is 0 Å². The Morgan fingerprint density at radius 2 is 1.31 bits per heavy atom. The molecule has 7 heteroatoms. The molecule has 0 radical (unpaired) electrons. The molecular formula is C22H27NO6. The molecule has 2 heterocycles. The fourth-order valence-corrected chi connectivity index (χ4v) is 3.27. The van der Waals surface area contributed by atoms with E-state index in [2.05, 4.69) is 19.0 Å². The SMILES string of the molecule is CN(C)CCCC(COc1ccc2c(c1)OCO2)COc1ccc2c(c1)OCO2. The number of benzene rings is 2. The lowest BCUT2D eigenvalue weighted by Gasteiger charge is -2.20. The van der Waals surface area contributed by atoms with Gasteiger partial charge in [0.2, 0.25) is 13.6 Å². The van der Waals surface area contributed by atoms with Crippen LogP contribution in [0.1, 0.15) is 12.8 Å². The van der Waals surface area contributed by atoms with Crippen molar-refractivity contribution in [3.05, 3.63) is 36.4 Å². The van der Waals surface area contributed by atoms with Crippen molar-refractivity contribution < 1.29 is 28.4 Å². The van der Waals surface area contributed by atoms with Crippen LogP contribution in [0.25, 0.3) is 0 Å². The van der Waals surface area contributed by atoms with Crippen LogP contribution in [-0.4, -0.2) is 52.3 Å². The average Bonchev–Trinajstić information content (AvgIpc) is 3.37. The van der Waals surface area contributed by atoms with Gasteiger partial charge in [-0.1, -0.05) is 0 Å². The number of rotatable bonds is 10. The zero-order chi connectivity index (χ0) is 20.1. The maximum absolute atomic E-state index is 6.04. The van der Waals surface area contributed by atoms with Crippen molar-refractivity contribution in [2.45, 2.75) is 12.8 Å². The zero-order valence-electron chi connectivity index (χ0n) is 16.9. The van der Waals surface area contributed by atoms with E-state index in [4.69, 9.17) is 28.4 Å². The second kappa shape index (κ2) is 9.13. The van der Waals surface area contributed by atoms with Gasteiger partial charge in [0.1, 0.15) is 11.5 Å². The molecule has 0 spiro atoms. The molecule has 0 saturated carbocycles. The highest BCUT2D eigenvalue weighted by atomic mass is 16.7. The Morgan fingerprint density at radius 1 is 0.793 bits per heavy atom. The van der Waals surface area contributed by atoms with Gasteiger partial charge >= 0.3 is 0 Å². The Labute approximate surface area is 171 Å². The molecule has 0 aliphatic carbocycles. The minimum absolute atomic E-state index is 0.255. The van der Waals surface area contributed by atoms with Crippen LogP contribution < -0.4 is 28.4 Å². The largest absolute Gasteiger partial charge is 0.493 e. The summed E-state index contributed by atoms with van der Waals surface area (Å²) in [5.74, 6) is 4.76. The third-order valence-electron chi connectivity index (χ3n) is 4.88. The lowest BCUT2D eigenvalue weighted by Crippen LogP contribution is -2.22. The molecule has 0 N–H and O–H groups in total. The molecule has 0 fully saturated rings. The minimum Gasteiger partial charge on any atom is -0.493 e. The van der Waals surface area contributed by atoms with E-state index in [0.29, 0.717) is 13.2 Å². The van der Waals surface area contributed by atoms with Crippen LogP contribution in [0.2, 0.25) is 0 Å². The summed E-state index contributed by atoms with van der Waals surface area (Å²) in [7, 11) is 4.17. The second-order valence-electron chi connectivity index (χ2n) is 7.46. The summed E-state index contributed by atoms with van der Waals surface area (Å²) in [6.45, 7) is 2.68. The lowest BCUT2D eigenvalue weighted by atomic mass is 10.1. The van der Waals surface area contributed by atoms with Crippen molar-refractivity contribution in [3.63, 3.8) is 0 Å². The smallest absolute Gasteiger partial charge is 0.231 e. The van der Waals surface area contributed by atoms with Gasteiger partial charge in [-0.15, -0.1) is 0 Å². The first-order chi connectivity index (χ1) is 14.2. The molecule has 0 bridgehead atoms. The summed E-state index contributed by atoms with van der Waals surface area (Å²) in [6.07, 6.45) is 2.08. The molecule has 2 aromatic rings. The topological polar surface area (TPSA) is 58.6 Å². The van der Waals surface area contributed by atoms with Gasteiger partial charge in [0.15, 0.2) is 23.0 Å². The van der Waals surface area contributed by atoms with Crippen LogP contribution in [0, 0.1) is 5.92 Å². The van der Waals surface area contributed by atoms with E-state index < -0.39 is 0 Å². The highest BCUT2D eigenvalue weighted by Gasteiger charge is 2.17. The molecule has 0 unspecified atom stereocenters. The van der Waals surface area contributed by atoms with E-state index in [1.54, 1.807) is 0 Å². The van der Waals surface area contributed by atoms with Crippen LogP contribution in [0.4, 0.5) is 0 Å². The van der Waals surface area contributed by atoms with Gasteiger partial charge in [-0.2, -0.15) is 0 Å². The standard InChI is InChI=1S/C22H27NO6/c1-23(2)9-3-4-16(12-24-17-5-7-19-21(10-17)28-14-26-19)13-25-18-6-8-20-22(11-18)29-15-27-20/h5-8,10-11,16H,3-4,9,12-15H2,1-2H3. The first-order valence-electron chi connectivity index (χ1n) is 9.87. The number of fused-ring (bicyclic) bond motifs is 2. The predicted molar refractivity (Wildman–Crippen MR) is 107 cm³/mol. The lowest BCUT2D eigenvalue weighted by molar-refractivity contribution is 0.163.